The summed E-state index contributed by atoms with van der Waals surface area (Å²) < 4.78 is 15.7. The minimum atomic E-state index is -0.681. The maximum absolute atomic E-state index is 12.8. The van der Waals surface area contributed by atoms with Crippen molar-refractivity contribution in [1.29, 1.82) is 0 Å². The number of carbonyl (C=O) groups excluding carboxylic acids is 2. The second kappa shape index (κ2) is 8.47. The predicted molar refractivity (Wildman–Crippen MR) is 104 cm³/mol. The Bertz CT molecular complexity index is 905. The number of esters is 1. The standard InChI is InChI=1S/C21H22N2O5/c1-4-28-20(24)17-18(13-8-10-15(26-2)11-9-13)22-21(25)23-19(17)14-6-5-7-16(12-14)27-3/h5-12,19H,4H2,1-3H3,(H2,22,23,25). The van der Waals surface area contributed by atoms with E-state index in [2.05, 4.69) is 10.6 Å². The summed E-state index contributed by atoms with van der Waals surface area (Å²) in [6.45, 7) is 1.96. The molecule has 0 fully saturated rings. The van der Waals surface area contributed by atoms with E-state index in [1.165, 1.54) is 0 Å². The first-order chi connectivity index (χ1) is 13.6. The van der Waals surface area contributed by atoms with E-state index in [0.29, 0.717) is 33.9 Å². The lowest BCUT2D eigenvalue weighted by atomic mass is 9.92. The van der Waals surface area contributed by atoms with Gasteiger partial charge in [-0.05, 0) is 54.4 Å². The van der Waals surface area contributed by atoms with Crippen LogP contribution in [-0.2, 0) is 9.53 Å². The van der Waals surface area contributed by atoms with Crippen LogP contribution in [0.4, 0.5) is 4.79 Å². The lowest BCUT2D eigenvalue weighted by molar-refractivity contribution is -0.138. The average Bonchev–Trinajstić information content (AvgIpc) is 2.73. The van der Waals surface area contributed by atoms with E-state index in [1.54, 1.807) is 63.6 Å². The molecule has 1 unspecified atom stereocenters. The molecule has 7 nitrogen and oxygen atoms in total. The maximum Gasteiger partial charge on any atom is 0.338 e. The van der Waals surface area contributed by atoms with Gasteiger partial charge in [0.05, 0.1) is 38.1 Å². The molecule has 28 heavy (non-hydrogen) atoms. The van der Waals surface area contributed by atoms with Gasteiger partial charge in [-0.2, -0.15) is 0 Å². The second-order valence-electron chi connectivity index (χ2n) is 6.05. The average molecular weight is 382 g/mol. The highest BCUT2D eigenvalue weighted by atomic mass is 16.5. The van der Waals surface area contributed by atoms with E-state index in [1.807, 2.05) is 6.07 Å². The third-order valence-corrected chi connectivity index (χ3v) is 4.37. The van der Waals surface area contributed by atoms with Crippen molar-refractivity contribution in [3.05, 3.63) is 65.2 Å². The van der Waals surface area contributed by atoms with E-state index >= 15 is 0 Å². The van der Waals surface area contributed by atoms with Crippen molar-refractivity contribution in [3.8, 4) is 11.5 Å². The monoisotopic (exact) mass is 382 g/mol. The number of benzene rings is 2. The molecule has 1 aliphatic rings. The molecule has 0 spiro atoms. The fourth-order valence-corrected chi connectivity index (χ4v) is 3.05. The Hall–Kier alpha value is -3.48. The number of ether oxygens (including phenoxy) is 3. The number of hydrogen-bond acceptors (Lipinski definition) is 5. The van der Waals surface area contributed by atoms with Crippen LogP contribution in [0.15, 0.2) is 54.1 Å². The maximum atomic E-state index is 12.8. The van der Waals surface area contributed by atoms with Crippen LogP contribution in [0.1, 0.15) is 24.1 Å². The largest absolute Gasteiger partial charge is 0.497 e. The second-order valence-corrected chi connectivity index (χ2v) is 6.05. The Labute approximate surface area is 163 Å². The molecule has 0 saturated carbocycles. The summed E-state index contributed by atoms with van der Waals surface area (Å²) in [6, 6.07) is 13.2. The molecule has 0 aliphatic carbocycles. The Balaban J connectivity index is 2.15. The zero-order valence-corrected chi connectivity index (χ0v) is 15.9. The lowest BCUT2D eigenvalue weighted by Gasteiger charge is -2.29. The van der Waals surface area contributed by atoms with Gasteiger partial charge in [-0.15, -0.1) is 0 Å². The first-order valence-corrected chi connectivity index (χ1v) is 8.84. The third-order valence-electron chi connectivity index (χ3n) is 4.37. The van der Waals surface area contributed by atoms with Crippen LogP contribution in [0, 0.1) is 0 Å². The number of carbonyl (C=O) groups is 2. The van der Waals surface area contributed by atoms with Gasteiger partial charge in [0, 0.05) is 0 Å². The zero-order chi connectivity index (χ0) is 20.1. The van der Waals surface area contributed by atoms with Gasteiger partial charge in [-0.1, -0.05) is 12.1 Å². The summed E-state index contributed by atoms with van der Waals surface area (Å²) in [4.78, 5) is 25.2. The fourth-order valence-electron chi connectivity index (χ4n) is 3.05. The van der Waals surface area contributed by atoms with E-state index in [4.69, 9.17) is 14.2 Å². The van der Waals surface area contributed by atoms with Crippen molar-refractivity contribution >= 4 is 17.7 Å². The first-order valence-electron chi connectivity index (χ1n) is 8.84. The summed E-state index contributed by atoms with van der Waals surface area (Å²) in [5, 5.41) is 5.55. The molecule has 7 heteroatoms. The van der Waals surface area contributed by atoms with Gasteiger partial charge < -0.3 is 24.8 Å². The Kier molecular flexibility index (Phi) is 5.84. The van der Waals surface area contributed by atoms with Crippen LogP contribution >= 0.6 is 0 Å². The highest BCUT2D eigenvalue weighted by Gasteiger charge is 2.34. The highest BCUT2D eigenvalue weighted by Crippen LogP contribution is 2.33. The molecule has 2 aromatic rings. The number of hydrogen-bond donors (Lipinski definition) is 2. The molecule has 3 rings (SSSR count). The molecule has 2 aromatic carbocycles. The molecule has 0 saturated heterocycles. The smallest absolute Gasteiger partial charge is 0.338 e. The lowest BCUT2D eigenvalue weighted by Crippen LogP contribution is -2.45. The SMILES string of the molecule is CCOC(=O)C1=C(c2ccc(OC)cc2)NC(=O)NC1c1cccc(OC)c1. The quantitative estimate of drug-likeness (QED) is 0.750. The van der Waals surface area contributed by atoms with Crippen molar-refractivity contribution in [3.63, 3.8) is 0 Å². The van der Waals surface area contributed by atoms with Crippen LogP contribution in [0.2, 0.25) is 0 Å². The van der Waals surface area contributed by atoms with Crippen molar-refractivity contribution in [2.24, 2.45) is 0 Å². The summed E-state index contributed by atoms with van der Waals surface area (Å²) in [5.41, 5.74) is 2.10. The minimum absolute atomic E-state index is 0.219. The number of nitrogens with one attached hydrogen (secondary N) is 2. The molecule has 0 radical (unpaired) electrons. The molecule has 2 N–H and O–H groups in total. The van der Waals surface area contributed by atoms with Crippen molar-refractivity contribution in [1.82, 2.24) is 10.6 Å². The van der Waals surface area contributed by atoms with Crippen molar-refractivity contribution in [2.75, 3.05) is 20.8 Å². The minimum Gasteiger partial charge on any atom is -0.497 e. The molecule has 1 aliphatic heterocycles. The van der Waals surface area contributed by atoms with Gasteiger partial charge in [0.2, 0.25) is 0 Å². The van der Waals surface area contributed by atoms with Crippen LogP contribution in [0.3, 0.4) is 0 Å². The number of amides is 2. The number of rotatable bonds is 6. The molecule has 0 aromatic heterocycles. The first kappa shape index (κ1) is 19.3. The number of methoxy groups -OCH3 is 2. The van der Waals surface area contributed by atoms with Crippen LogP contribution in [0.25, 0.3) is 5.70 Å². The van der Waals surface area contributed by atoms with Gasteiger partial charge in [-0.3, -0.25) is 0 Å². The van der Waals surface area contributed by atoms with E-state index in [9.17, 15) is 9.59 Å². The molecule has 1 heterocycles. The molecule has 1 atom stereocenters. The van der Waals surface area contributed by atoms with Gasteiger partial charge in [-0.25, -0.2) is 9.59 Å². The Morgan fingerprint density at radius 1 is 1.04 bits per heavy atom. The molecule has 146 valence electrons. The molecule has 2 amide bonds. The summed E-state index contributed by atoms with van der Waals surface area (Å²) in [6.07, 6.45) is 0. The summed E-state index contributed by atoms with van der Waals surface area (Å²) in [5.74, 6) is 0.791. The van der Waals surface area contributed by atoms with Crippen LogP contribution in [-0.4, -0.2) is 32.8 Å². The van der Waals surface area contributed by atoms with Gasteiger partial charge in [0.25, 0.3) is 0 Å². The third kappa shape index (κ3) is 3.93. The molecular formula is C21H22N2O5. The molecule has 0 bridgehead atoms. The zero-order valence-electron chi connectivity index (χ0n) is 15.9. The fraction of sp³-hybridized carbons (Fsp3) is 0.238. The Morgan fingerprint density at radius 3 is 2.39 bits per heavy atom. The van der Waals surface area contributed by atoms with Gasteiger partial charge in [0.15, 0.2) is 0 Å². The van der Waals surface area contributed by atoms with E-state index in [-0.39, 0.29) is 6.61 Å². The highest BCUT2D eigenvalue weighted by molar-refractivity contribution is 6.04. The summed E-state index contributed by atoms with van der Waals surface area (Å²) in [7, 11) is 3.13. The van der Waals surface area contributed by atoms with Crippen molar-refractivity contribution in [2.45, 2.75) is 13.0 Å². The van der Waals surface area contributed by atoms with Crippen LogP contribution < -0.4 is 20.1 Å². The molecular weight excluding hydrogens is 360 g/mol. The topological polar surface area (TPSA) is 85.9 Å². The van der Waals surface area contributed by atoms with E-state index < -0.39 is 18.0 Å². The van der Waals surface area contributed by atoms with Crippen LogP contribution in [0.5, 0.6) is 11.5 Å². The van der Waals surface area contributed by atoms with Gasteiger partial charge >= 0.3 is 12.0 Å². The Morgan fingerprint density at radius 2 is 1.75 bits per heavy atom. The normalized spacial score (nSPS) is 16.1. The van der Waals surface area contributed by atoms with Gasteiger partial charge in [0.1, 0.15) is 11.5 Å². The van der Waals surface area contributed by atoms with Crippen molar-refractivity contribution < 1.29 is 23.8 Å². The van der Waals surface area contributed by atoms with E-state index in [0.717, 1.165) is 0 Å². The summed E-state index contributed by atoms with van der Waals surface area (Å²) >= 11 is 0. The number of urea groups is 1. The predicted octanol–water partition coefficient (Wildman–Crippen LogP) is 3.03.